The summed E-state index contributed by atoms with van der Waals surface area (Å²) in [5, 5.41) is -5.38. The first-order chi connectivity index (χ1) is 17.7. The van der Waals surface area contributed by atoms with E-state index in [1.807, 2.05) is 6.92 Å². The molecule has 7 rings (SSSR count). The van der Waals surface area contributed by atoms with Gasteiger partial charge in [0.15, 0.2) is 16.7 Å². The molecule has 38 heavy (non-hydrogen) atoms. The van der Waals surface area contributed by atoms with Gasteiger partial charge in [-0.25, -0.2) is 18.0 Å². The van der Waals surface area contributed by atoms with Crippen molar-refractivity contribution in [2.24, 2.45) is 47.3 Å². The average Bonchev–Trinajstić information content (AvgIpc) is 3.44. The maximum Gasteiger partial charge on any atom is 0.428 e. The lowest BCUT2D eigenvalue weighted by Gasteiger charge is -2.59. The van der Waals surface area contributed by atoms with E-state index in [9.17, 15) is 40.9 Å². The Morgan fingerprint density at radius 2 is 1.66 bits per heavy atom. The molecule has 14 heteroatoms. The Labute approximate surface area is 216 Å². The molecule has 6 atom stereocenters. The normalized spacial score (nSPS) is 44.2. The van der Waals surface area contributed by atoms with Gasteiger partial charge in [-0.2, -0.15) is 8.78 Å². The molecule has 210 valence electrons. The van der Waals surface area contributed by atoms with Crippen LogP contribution >= 0.6 is 0 Å². The lowest BCUT2D eigenvalue weighted by Crippen LogP contribution is -2.59. The van der Waals surface area contributed by atoms with Crippen molar-refractivity contribution in [3.63, 3.8) is 0 Å². The highest BCUT2D eigenvalue weighted by atomic mass is 32.2. The molecule has 6 aliphatic carbocycles. The molecule has 6 unspecified atom stereocenters. The Morgan fingerprint density at radius 3 is 2.24 bits per heavy atom. The number of carbonyl (C=O) groups excluding carboxylic acids is 4. The average molecular weight is 562 g/mol. The second-order valence-corrected chi connectivity index (χ2v) is 13.3. The molecule has 0 aromatic rings. The van der Waals surface area contributed by atoms with Crippen LogP contribution in [0.4, 0.5) is 8.78 Å². The predicted octanol–water partition coefficient (Wildman–Crippen LogP) is 1.14. The van der Waals surface area contributed by atoms with E-state index in [0.29, 0.717) is 18.3 Å². The predicted molar refractivity (Wildman–Crippen MR) is 115 cm³/mol. The molecule has 1 heterocycles. The Hall–Kier alpha value is -2.35. The van der Waals surface area contributed by atoms with Gasteiger partial charge in [-0.3, -0.25) is 9.59 Å². The molecule has 11 nitrogen and oxygen atoms in total. The number of alkyl halides is 2. The van der Waals surface area contributed by atoms with Crippen LogP contribution in [-0.2, 0) is 48.2 Å². The van der Waals surface area contributed by atoms with Crippen LogP contribution in [0.2, 0.25) is 0 Å². The Bertz CT molecular complexity index is 1170. The molecule has 7 fully saturated rings. The zero-order chi connectivity index (χ0) is 27.4. The Kier molecular flexibility index (Phi) is 5.67. The number of halogens is 2. The summed E-state index contributed by atoms with van der Waals surface area (Å²) >= 11 is 0. The van der Waals surface area contributed by atoms with Crippen molar-refractivity contribution in [3.05, 3.63) is 0 Å². The third kappa shape index (κ3) is 3.69. The SMILES string of the molecule is CC1(OC(=O)C2C3CC4C(OC(=O)C42)C3OC(=O)COC(=O)C(F)(F)S(=O)(=O)[O-])C2CC3CC(C2)CC1C3. The summed E-state index contributed by atoms with van der Waals surface area (Å²) in [7, 11) is -6.35. The van der Waals surface area contributed by atoms with Crippen LogP contribution in [0, 0.1) is 47.3 Å². The maximum atomic E-state index is 13.6. The lowest BCUT2D eigenvalue weighted by molar-refractivity contribution is -0.211. The van der Waals surface area contributed by atoms with Crippen molar-refractivity contribution in [1.29, 1.82) is 0 Å². The molecule has 1 saturated heterocycles. The van der Waals surface area contributed by atoms with Gasteiger partial charge in [0.2, 0.25) is 0 Å². The van der Waals surface area contributed by atoms with Crippen LogP contribution in [0.1, 0.15) is 45.4 Å². The molecular weight excluding hydrogens is 534 g/mol. The van der Waals surface area contributed by atoms with Crippen LogP contribution in [-0.4, -0.2) is 66.5 Å². The van der Waals surface area contributed by atoms with E-state index in [1.165, 1.54) is 6.42 Å². The van der Waals surface area contributed by atoms with Crippen LogP contribution in [0.15, 0.2) is 0 Å². The molecular formula is C24H27F2O11S-. The van der Waals surface area contributed by atoms with Crippen LogP contribution in [0.25, 0.3) is 0 Å². The quantitative estimate of drug-likeness (QED) is 0.249. The maximum absolute atomic E-state index is 13.6. The molecule has 1 aliphatic heterocycles. The topological polar surface area (TPSA) is 162 Å². The second kappa shape index (κ2) is 8.33. The molecule has 0 radical (unpaired) electrons. The lowest BCUT2D eigenvalue weighted by atomic mass is 9.50. The highest BCUT2D eigenvalue weighted by Gasteiger charge is 2.71. The minimum absolute atomic E-state index is 0.254. The van der Waals surface area contributed by atoms with Gasteiger partial charge in [0.25, 0.3) is 0 Å². The summed E-state index contributed by atoms with van der Waals surface area (Å²) in [6.07, 6.45) is 3.66. The monoisotopic (exact) mass is 561 g/mol. The molecule has 0 amide bonds. The number of carbonyl (C=O) groups is 4. The smallest absolute Gasteiger partial charge is 0.428 e. The number of hydrogen-bond donors (Lipinski definition) is 0. The van der Waals surface area contributed by atoms with Gasteiger partial charge in [-0.05, 0) is 69.1 Å². The van der Waals surface area contributed by atoms with E-state index in [0.717, 1.165) is 25.7 Å². The van der Waals surface area contributed by atoms with Gasteiger partial charge in [0, 0.05) is 11.8 Å². The van der Waals surface area contributed by atoms with Gasteiger partial charge in [0.05, 0.1) is 11.8 Å². The highest BCUT2D eigenvalue weighted by molar-refractivity contribution is 7.87. The molecule has 0 spiro atoms. The van der Waals surface area contributed by atoms with Gasteiger partial charge in [-0.1, -0.05) is 0 Å². The van der Waals surface area contributed by atoms with Crippen molar-refractivity contribution < 1.29 is 59.9 Å². The van der Waals surface area contributed by atoms with Crippen molar-refractivity contribution in [2.45, 2.75) is 68.5 Å². The standard InChI is InChI=1S/C24H28F2O11S/c1-23(11-3-9-2-10(5-11)6-12(23)4-9)37-21(29)17-14-7-13-16(17)20(28)36-19(13)18(14)35-15(27)8-34-22(30)24(25,26)38(31,32)33/h9-14,16-19H,2-8H2,1H3,(H,31,32,33)/p-1. The summed E-state index contributed by atoms with van der Waals surface area (Å²) in [4.78, 5) is 49.9. The fourth-order valence-corrected chi connectivity index (χ4v) is 8.80. The molecule has 0 N–H and O–H groups in total. The summed E-state index contributed by atoms with van der Waals surface area (Å²) < 4.78 is 79.2. The summed E-state index contributed by atoms with van der Waals surface area (Å²) in [6.45, 7) is 0.575. The van der Waals surface area contributed by atoms with Crippen LogP contribution < -0.4 is 0 Å². The molecule has 6 saturated carbocycles. The molecule has 0 aromatic carbocycles. The number of esters is 4. The number of hydrogen-bond acceptors (Lipinski definition) is 11. The van der Waals surface area contributed by atoms with Gasteiger partial charge in [0.1, 0.15) is 17.8 Å². The zero-order valence-corrected chi connectivity index (χ0v) is 21.2. The number of fused-ring (bicyclic) bond motifs is 1. The largest absolute Gasteiger partial charge is 0.743 e. The van der Waals surface area contributed by atoms with E-state index >= 15 is 0 Å². The zero-order valence-electron chi connectivity index (χ0n) is 20.4. The Morgan fingerprint density at radius 1 is 1.05 bits per heavy atom. The Balaban J connectivity index is 1.14. The third-order valence-corrected chi connectivity index (χ3v) is 10.8. The van der Waals surface area contributed by atoms with E-state index in [2.05, 4.69) is 4.74 Å². The number of rotatable bonds is 7. The van der Waals surface area contributed by atoms with Gasteiger partial charge >= 0.3 is 29.1 Å². The summed E-state index contributed by atoms with van der Waals surface area (Å²) in [5.74, 6) is -6.01. The minimum Gasteiger partial charge on any atom is -0.743 e. The van der Waals surface area contributed by atoms with Crippen molar-refractivity contribution in [1.82, 2.24) is 0 Å². The molecule has 6 bridgehead atoms. The minimum atomic E-state index is -6.35. The first-order valence-electron chi connectivity index (χ1n) is 12.8. The van der Waals surface area contributed by atoms with E-state index < -0.39 is 87.3 Å². The first kappa shape index (κ1) is 25.9. The van der Waals surface area contributed by atoms with Crippen LogP contribution in [0.5, 0.6) is 0 Å². The highest BCUT2D eigenvalue weighted by Crippen LogP contribution is 2.62. The van der Waals surface area contributed by atoms with Crippen molar-refractivity contribution >= 4 is 34.0 Å². The van der Waals surface area contributed by atoms with E-state index in [1.54, 1.807) is 0 Å². The van der Waals surface area contributed by atoms with E-state index in [4.69, 9.17) is 14.2 Å². The first-order valence-corrected chi connectivity index (χ1v) is 14.2. The number of ether oxygens (including phenoxy) is 4. The second-order valence-electron chi connectivity index (χ2n) is 11.9. The third-order valence-electron chi connectivity index (χ3n) is 10.0. The molecule has 0 aromatic heterocycles. The van der Waals surface area contributed by atoms with Crippen molar-refractivity contribution in [3.8, 4) is 0 Å². The summed E-state index contributed by atoms with van der Waals surface area (Å²) in [6, 6.07) is 0. The summed E-state index contributed by atoms with van der Waals surface area (Å²) in [5.41, 5.74) is -0.637. The van der Waals surface area contributed by atoms with E-state index in [-0.39, 0.29) is 11.8 Å². The van der Waals surface area contributed by atoms with Crippen LogP contribution in [0.3, 0.4) is 0 Å². The fraction of sp³-hybridized carbons (Fsp3) is 0.833. The van der Waals surface area contributed by atoms with Gasteiger partial charge < -0.3 is 23.5 Å². The van der Waals surface area contributed by atoms with Gasteiger partial charge in [-0.15, -0.1) is 0 Å². The fourth-order valence-electron chi connectivity index (χ4n) is 8.54. The van der Waals surface area contributed by atoms with Crippen molar-refractivity contribution in [2.75, 3.05) is 6.61 Å². The molecule has 7 aliphatic rings.